The van der Waals surface area contributed by atoms with Crippen LogP contribution in [0.15, 0.2) is 34.9 Å². The first-order chi connectivity index (χ1) is 10.2. The van der Waals surface area contributed by atoms with Gasteiger partial charge in [0.15, 0.2) is 5.69 Å². The van der Waals surface area contributed by atoms with Crippen LogP contribution in [0.1, 0.15) is 40.8 Å². The minimum Gasteiger partial charge on any atom is -0.446 e. The SMILES string of the molecule is O=C(NCc1ccccc1Cl)c1coc(C2CCCN2)n1. The zero-order valence-corrected chi connectivity index (χ0v) is 12.2. The smallest absolute Gasteiger partial charge is 0.273 e. The van der Waals surface area contributed by atoms with Gasteiger partial charge in [-0.2, -0.15) is 0 Å². The molecule has 0 radical (unpaired) electrons. The zero-order chi connectivity index (χ0) is 14.7. The van der Waals surface area contributed by atoms with Crippen molar-refractivity contribution in [1.82, 2.24) is 15.6 Å². The monoisotopic (exact) mass is 305 g/mol. The Kier molecular flexibility index (Phi) is 4.22. The summed E-state index contributed by atoms with van der Waals surface area (Å²) >= 11 is 6.05. The van der Waals surface area contributed by atoms with E-state index in [9.17, 15) is 4.79 Å². The van der Waals surface area contributed by atoms with Gasteiger partial charge in [0.1, 0.15) is 6.26 Å². The number of nitrogens with zero attached hydrogens (tertiary/aromatic N) is 1. The second-order valence-electron chi connectivity index (χ2n) is 4.99. The van der Waals surface area contributed by atoms with Gasteiger partial charge in [-0.3, -0.25) is 4.79 Å². The molecule has 5 nitrogen and oxygen atoms in total. The molecule has 6 heteroatoms. The number of amides is 1. The highest BCUT2D eigenvalue weighted by Crippen LogP contribution is 2.22. The summed E-state index contributed by atoms with van der Waals surface area (Å²) in [5, 5.41) is 6.71. The Morgan fingerprint density at radius 2 is 2.33 bits per heavy atom. The lowest BCUT2D eigenvalue weighted by atomic mass is 10.2. The summed E-state index contributed by atoms with van der Waals surface area (Å²) in [7, 11) is 0. The number of benzene rings is 1. The molecule has 0 spiro atoms. The standard InChI is InChI=1S/C15H16ClN3O2/c16-11-5-2-1-4-10(11)8-18-14(20)13-9-21-15(19-13)12-6-3-7-17-12/h1-2,4-5,9,12,17H,3,6-8H2,(H,18,20). The molecule has 1 aliphatic rings. The molecule has 21 heavy (non-hydrogen) atoms. The third-order valence-corrected chi connectivity index (χ3v) is 3.88. The largest absolute Gasteiger partial charge is 0.446 e. The van der Waals surface area contributed by atoms with Gasteiger partial charge >= 0.3 is 0 Å². The van der Waals surface area contributed by atoms with Crippen LogP contribution in [0.25, 0.3) is 0 Å². The summed E-state index contributed by atoms with van der Waals surface area (Å²) in [6, 6.07) is 7.53. The summed E-state index contributed by atoms with van der Waals surface area (Å²) in [5.41, 5.74) is 1.17. The van der Waals surface area contributed by atoms with Gasteiger partial charge in [0, 0.05) is 11.6 Å². The van der Waals surface area contributed by atoms with Gasteiger partial charge < -0.3 is 15.1 Å². The zero-order valence-electron chi connectivity index (χ0n) is 11.4. The Morgan fingerprint density at radius 3 is 3.10 bits per heavy atom. The quantitative estimate of drug-likeness (QED) is 0.911. The van der Waals surface area contributed by atoms with Gasteiger partial charge in [0.25, 0.3) is 5.91 Å². The van der Waals surface area contributed by atoms with Gasteiger partial charge in [-0.1, -0.05) is 29.8 Å². The fourth-order valence-electron chi connectivity index (χ4n) is 2.36. The second kappa shape index (κ2) is 6.28. The van der Waals surface area contributed by atoms with Gasteiger partial charge in [0.2, 0.25) is 5.89 Å². The predicted octanol–water partition coefficient (Wildman–Crippen LogP) is 2.68. The molecule has 110 valence electrons. The summed E-state index contributed by atoms with van der Waals surface area (Å²) in [6.45, 7) is 1.32. The van der Waals surface area contributed by atoms with Crippen LogP contribution in [0.3, 0.4) is 0 Å². The Labute approximate surface area is 127 Å². The average Bonchev–Trinajstić information content (AvgIpc) is 3.16. The fraction of sp³-hybridized carbons (Fsp3) is 0.333. The summed E-state index contributed by atoms with van der Waals surface area (Å²) < 4.78 is 5.38. The van der Waals surface area contributed by atoms with E-state index in [4.69, 9.17) is 16.0 Å². The van der Waals surface area contributed by atoms with E-state index >= 15 is 0 Å². The van der Waals surface area contributed by atoms with E-state index in [0.29, 0.717) is 23.2 Å². The number of aromatic nitrogens is 1. The second-order valence-corrected chi connectivity index (χ2v) is 5.40. The first-order valence-electron chi connectivity index (χ1n) is 6.94. The summed E-state index contributed by atoms with van der Waals surface area (Å²) in [4.78, 5) is 16.3. The summed E-state index contributed by atoms with van der Waals surface area (Å²) in [6.07, 6.45) is 3.49. The van der Waals surface area contributed by atoms with E-state index in [1.54, 1.807) is 6.07 Å². The van der Waals surface area contributed by atoms with Crippen LogP contribution < -0.4 is 10.6 Å². The number of carbonyl (C=O) groups excluding carboxylic acids is 1. The molecule has 0 aliphatic carbocycles. The van der Waals surface area contributed by atoms with Crippen LogP contribution >= 0.6 is 11.6 Å². The number of hydrogen-bond donors (Lipinski definition) is 2. The van der Waals surface area contributed by atoms with Gasteiger partial charge in [0.05, 0.1) is 6.04 Å². The first kappa shape index (κ1) is 14.1. The molecule has 2 N–H and O–H groups in total. The number of rotatable bonds is 4. The van der Waals surface area contributed by atoms with Crippen LogP contribution in [0.5, 0.6) is 0 Å². The normalized spacial score (nSPS) is 17.9. The van der Waals surface area contributed by atoms with Gasteiger partial charge in [-0.05, 0) is 31.0 Å². The van der Waals surface area contributed by atoms with E-state index in [1.807, 2.05) is 18.2 Å². The Bertz CT molecular complexity index is 635. The third-order valence-electron chi connectivity index (χ3n) is 3.51. The van der Waals surface area contributed by atoms with Crippen molar-refractivity contribution in [2.24, 2.45) is 0 Å². The molecule has 1 atom stereocenters. The Hall–Kier alpha value is -1.85. The number of nitrogens with one attached hydrogen (secondary N) is 2. The lowest BCUT2D eigenvalue weighted by molar-refractivity contribution is 0.0946. The molecule has 1 amide bonds. The minimum absolute atomic E-state index is 0.120. The van der Waals surface area contributed by atoms with Crippen LogP contribution in [-0.4, -0.2) is 17.4 Å². The Morgan fingerprint density at radius 1 is 1.48 bits per heavy atom. The van der Waals surface area contributed by atoms with Crippen LogP contribution in [0, 0.1) is 0 Å². The van der Waals surface area contributed by atoms with Crippen LogP contribution in [0.4, 0.5) is 0 Å². The molecule has 1 aromatic carbocycles. The van der Waals surface area contributed by atoms with Crippen molar-refractivity contribution in [1.29, 1.82) is 0 Å². The molecule has 1 saturated heterocycles. The van der Waals surface area contributed by atoms with Crippen molar-refractivity contribution in [3.63, 3.8) is 0 Å². The maximum atomic E-state index is 12.1. The lowest BCUT2D eigenvalue weighted by Gasteiger charge is -2.05. The first-order valence-corrected chi connectivity index (χ1v) is 7.32. The maximum absolute atomic E-state index is 12.1. The van der Waals surface area contributed by atoms with Crippen molar-refractivity contribution in [3.05, 3.63) is 52.7 Å². The molecular weight excluding hydrogens is 290 g/mol. The Balaban J connectivity index is 1.62. The lowest BCUT2D eigenvalue weighted by Crippen LogP contribution is -2.23. The summed E-state index contributed by atoms with van der Waals surface area (Å²) in [5.74, 6) is 0.318. The fourth-order valence-corrected chi connectivity index (χ4v) is 2.56. The predicted molar refractivity (Wildman–Crippen MR) is 79.1 cm³/mol. The van der Waals surface area contributed by atoms with E-state index < -0.39 is 0 Å². The average molecular weight is 306 g/mol. The highest BCUT2D eigenvalue weighted by Gasteiger charge is 2.22. The van der Waals surface area contributed by atoms with E-state index in [0.717, 1.165) is 24.9 Å². The topological polar surface area (TPSA) is 67.2 Å². The molecule has 0 bridgehead atoms. The maximum Gasteiger partial charge on any atom is 0.273 e. The van der Waals surface area contributed by atoms with Crippen molar-refractivity contribution in [2.45, 2.75) is 25.4 Å². The number of oxazole rings is 1. The van der Waals surface area contributed by atoms with Crippen molar-refractivity contribution in [2.75, 3.05) is 6.54 Å². The van der Waals surface area contributed by atoms with E-state index in [2.05, 4.69) is 15.6 Å². The molecule has 2 aromatic rings. The molecule has 3 rings (SSSR count). The van der Waals surface area contributed by atoms with E-state index in [-0.39, 0.29) is 11.9 Å². The molecule has 1 aromatic heterocycles. The minimum atomic E-state index is -0.261. The molecular formula is C15H16ClN3O2. The molecule has 1 fully saturated rings. The van der Waals surface area contributed by atoms with Crippen LogP contribution in [0.2, 0.25) is 5.02 Å². The van der Waals surface area contributed by atoms with Crippen molar-refractivity contribution < 1.29 is 9.21 Å². The molecule has 2 heterocycles. The number of carbonyl (C=O) groups is 1. The van der Waals surface area contributed by atoms with Crippen molar-refractivity contribution >= 4 is 17.5 Å². The van der Waals surface area contributed by atoms with Crippen LogP contribution in [-0.2, 0) is 6.54 Å². The number of hydrogen-bond acceptors (Lipinski definition) is 4. The van der Waals surface area contributed by atoms with Gasteiger partial charge in [-0.15, -0.1) is 0 Å². The highest BCUT2D eigenvalue weighted by atomic mass is 35.5. The van der Waals surface area contributed by atoms with Crippen molar-refractivity contribution in [3.8, 4) is 0 Å². The number of halogens is 1. The molecule has 1 unspecified atom stereocenters. The highest BCUT2D eigenvalue weighted by molar-refractivity contribution is 6.31. The van der Waals surface area contributed by atoms with E-state index in [1.165, 1.54) is 6.26 Å². The molecule has 1 aliphatic heterocycles. The molecule has 0 saturated carbocycles. The van der Waals surface area contributed by atoms with Gasteiger partial charge in [-0.25, -0.2) is 4.98 Å². The third kappa shape index (κ3) is 3.25.